The first-order chi connectivity index (χ1) is 6.27. The van der Waals surface area contributed by atoms with E-state index in [-0.39, 0.29) is 18.3 Å². The van der Waals surface area contributed by atoms with Crippen molar-refractivity contribution in [1.29, 1.82) is 5.41 Å². The van der Waals surface area contributed by atoms with Crippen molar-refractivity contribution in [2.75, 3.05) is 13.7 Å². The van der Waals surface area contributed by atoms with Gasteiger partial charge >= 0.3 is 0 Å². The second-order valence-corrected chi connectivity index (χ2v) is 2.49. The molecule has 0 spiro atoms. The Balaban J connectivity index is 0.00000169. The summed E-state index contributed by atoms with van der Waals surface area (Å²) in [5.74, 6) is 0.984. The molecule has 4 heteroatoms. The van der Waals surface area contributed by atoms with Crippen LogP contribution in [0.2, 0.25) is 0 Å². The van der Waals surface area contributed by atoms with Gasteiger partial charge in [-0.25, -0.2) is 0 Å². The largest absolute Gasteiger partial charge is 0.497 e. The van der Waals surface area contributed by atoms with Gasteiger partial charge in [0.25, 0.3) is 0 Å². The van der Waals surface area contributed by atoms with Crippen LogP contribution in [0, 0.1) is 5.41 Å². The van der Waals surface area contributed by atoms with Crippen LogP contribution in [0.1, 0.15) is 12.5 Å². The van der Waals surface area contributed by atoms with Crippen molar-refractivity contribution in [2.24, 2.45) is 0 Å². The Kier molecular flexibility index (Phi) is 5.72. The third-order valence-corrected chi connectivity index (χ3v) is 1.64. The lowest BCUT2D eigenvalue weighted by Crippen LogP contribution is -2.04. The lowest BCUT2D eigenvalue weighted by Gasteiger charge is -2.05. The minimum Gasteiger partial charge on any atom is -0.497 e. The first kappa shape index (κ1) is 12.8. The summed E-state index contributed by atoms with van der Waals surface area (Å²) in [5.41, 5.74) is 0.766. The molecule has 0 saturated carbocycles. The highest BCUT2D eigenvalue weighted by atomic mass is 35.5. The third-order valence-electron chi connectivity index (χ3n) is 1.64. The van der Waals surface area contributed by atoms with Gasteiger partial charge in [-0.15, -0.1) is 12.4 Å². The van der Waals surface area contributed by atoms with Crippen molar-refractivity contribution in [3.8, 4) is 5.75 Å². The fourth-order valence-electron chi connectivity index (χ4n) is 0.970. The lowest BCUT2D eigenvalue weighted by molar-refractivity contribution is 0.325. The summed E-state index contributed by atoms with van der Waals surface area (Å²) < 4.78 is 10.0. The maximum absolute atomic E-state index is 7.49. The molecule has 1 rings (SSSR count). The van der Waals surface area contributed by atoms with Crippen molar-refractivity contribution >= 4 is 18.3 Å². The van der Waals surface area contributed by atoms with Crippen molar-refractivity contribution in [2.45, 2.75) is 6.92 Å². The molecule has 0 radical (unpaired) electrons. The van der Waals surface area contributed by atoms with Crippen LogP contribution in [-0.4, -0.2) is 19.6 Å². The molecule has 0 aliphatic heterocycles. The Labute approximate surface area is 90.0 Å². The van der Waals surface area contributed by atoms with Crippen LogP contribution in [0.4, 0.5) is 0 Å². The number of rotatable bonds is 3. The quantitative estimate of drug-likeness (QED) is 0.622. The Morgan fingerprint density at radius 3 is 2.29 bits per heavy atom. The zero-order valence-electron chi connectivity index (χ0n) is 8.24. The highest BCUT2D eigenvalue weighted by Crippen LogP contribution is 2.11. The van der Waals surface area contributed by atoms with Gasteiger partial charge in [-0.3, -0.25) is 5.41 Å². The maximum Gasteiger partial charge on any atom is 0.213 e. The lowest BCUT2D eigenvalue weighted by atomic mass is 10.2. The van der Waals surface area contributed by atoms with E-state index in [9.17, 15) is 0 Å². The maximum atomic E-state index is 7.49. The molecular formula is C10H14ClNO2. The van der Waals surface area contributed by atoms with Crippen LogP contribution in [0.3, 0.4) is 0 Å². The van der Waals surface area contributed by atoms with Gasteiger partial charge in [-0.05, 0) is 31.2 Å². The predicted molar refractivity (Wildman–Crippen MR) is 58.7 cm³/mol. The van der Waals surface area contributed by atoms with Crippen molar-refractivity contribution in [3.63, 3.8) is 0 Å². The van der Waals surface area contributed by atoms with Gasteiger partial charge in [0.2, 0.25) is 5.90 Å². The van der Waals surface area contributed by atoms with E-state index in [1.54, 1.807) is 19.2 Å². The van der Waals surface area contributed by atoms with Crippen molar-refractivity contribution in [3.05, 3.63) is 29.8 Å². The molecule has 78 valence electrons. The molecule has 3 nitrogen and oxygen atoms in total. The van der Waals surface area contributed by atoms with Crippen LogP contribution >= 0.6 is 12.4 Å². The highest BCUT2D eigenvalue weighted by molar-refractivity contribution is 5.91. The van der Waals surface area contributed by atoms with Gasteiger partial charge < -0.3 is 9.47 Å². The van der Waals surface area contributed by atoms with Gasteiger partial charge in [-0.2, -0.15) is 0 Å². The van der Waals surface area contributed by atoms with E-state index < -0.39 is 0 Å². The van der Waals surface area contributed by atoms with Gasteiger partial charge in [0.05, 0.1) is 13.7 Å². The van der Waals surface area contributed by atoms with E-state index >= 15 is 0 Å². The molecule has 1 N–H and O–H groups in total. The Morgan fingerprint density at radius 2 is 1.86 bits per heavy atom. The number of ether oxygens (including phenoxy) is 2. The van der Waals surface area contributed by atoms with Crippen molar-refractivity contribution < 1.29 is 9.47 Å². The van der Waals surface area contributed by atoms with Crippen LogP contribution in [0.5, 0.6) is 5.75 Å². The first-order valence-electron chi connectivity index (χ1n) is 4.13. The molecule has 0 unspecified atom stereocenters. The summed E-state index contributed by atoms with van der Waals surface area (Å²) in [5, 5.41) is 7.49. The average molecular weight is 216 g/mol. The monoisotopic (exact) mass is 215 g/mol. The van der Waals surface area contributed by atoms with Gasteiger partial charge in [0.15, 0.2) is 0 Å². The molecule has 0 bridgehead atoms. The fraction of sp³-hybridized carbons (Fsp3) is 0.300. The van der Waals surface area contributed by atoms with E-state index in [0.29, 0.717) is 6.61 Å². The third kappa shape index (κ3) is 3.26. The van der Waals surface area contributed by atoms with E-state index in [0.717, 1.165) is 11.3 Å². The summed E-state index contributed by atoms with van der Waals surface area (Å²) in [6, 6.07) is 7.22. The molecule has 0 heterocycles. The molecule has 0 saturated heterocycles. The molecule has 1 aromatic rings. The van der Waals surface area contributed by atoms with Crippen molar-refractivity contribution in [1.82, 2.24) is 0 Å². The minimum atomic E-state index is 0. The fourth-order valence-corrected chi connectivity index (χ4v) is 0.970. The van der Waals surface area contributed by atoms with E-state index in [1.807, 2.05) is 19.1 Å². The summed E-state index contributed by atoms with van der Waals surface area (Å²) in [7, 11) is 1.61. The van der Waals surface area contributed by atoms with Crippen LogP contribution in [0.25, 0.3) is 0 Å². The number of benzene rings is 1. The highest BCUT2D eigenvalue weighted by Gasteiger charge is 2.00. The number of hydrogen-bond donors (Lipinski definition) is 1. The van der Waals surface area contributed by atoms with Gasteiger partial charge in [0, 0.05) is 5.56 Å². The number of methoxy groups -OCH3 is 1. The van der Waals surface area contributed by atoms with Crippen LogP contribution < -0.4 is 4.74 Å². The minimum absolute atomic E-state index is 0. The van der Waals surface area contributed by atoms with E-state index in [4.69, 9.17) is 14.9 Å². The molecule has 0 fully saturated rings. The molecule has 0 aliphatic carbocycles. The van der Waals surface area contributed by atoms with Crippen LogP contribution in [-0.2, 0) is 4.74 Å². The summed E-state index contributed by atoms with van der Waals surface area (Å²) in [4.78, 5) is 0. The topological polar surface area (TPSA) is 42.3 Å². The Morgan fingerprint density at radius 1 is 1.29 bits per heavy atom. The van der Waals surface area contributed by atoms with Crippen LogP contribution in [0.15, 0.2) is 24.3 Å². The zero-order valence-corrected chi connectivity index (χ0v) is 9.06. The van der Waals surface area contributed by atoms with Gasteiger partial charge in [-0.1, -0.05) is 0 Å². The molecular weight excluding hydrogens is 202 g/mol. The standard InChI is InChI=1S/C10H13NO2.ClH/c1-3-13-10(11)8-4-6-9(12-2)7-5-8;/h4-7,11H,3H2,1-2H3;1H. The first-order valence-corrected chi connectivity index (χ1v) is 4.13. The normalized spacial score (nSPS) is 8.71. The molecule has 14 heavy (non-hydrogen) atoms. The molecule has 0 aromatic heterocycles. The average Bonchev–Trinajstić information content (AvgIpc) is 2.18. The summed E-state index contributed by atoms with van der Waals surface area (Å²) >= 11 is 0. The number of nitrogens with one attached hydrogen (secondary N) is 1. The number of halogens is 1. The second kappa shape index (κ2) is 6.27. The Bertz CT molecular complexity index is 285. The molecule has 0 atom stereocenters. The van der Waals surface area contributed by atoms with E-state index in [2.05, 4.69) is 0 Å². The SMILES string of the molecule is CCOC(=N)c1ccc(OC)cc1.Cl. The Hall–Kier alpha value is -1.22. The van der Waals surface area contributed by atoms with E-state index in [1.165, 1.54) is 0 Å². The zero-order chi connectivity index (χ0) is 9.68. The smallest absolute Gasteiger partial charge is 0.213 e. The predicted octanol–water partition coefficient (Wildman–Crippen LogP) is 2.48. The second-order valence-electron chi connectivity index (χ2n) is 2.49. The molecule has 1 aromatic carbocycles. The summed E-state index contributed by atoms with van der Waals surface area (Å²) in [6.07, 6.45) is 0. The number of hydrogen-bond acceptors (Lipinski definition) is 3. The molecule has 0 aliphatic rings. The van der Waals surface area contributed by atoms with Gasteiger partial charge in [0.1, 0.15) is 5.75 Å². The molecule has 0 amide bonds. The summed E-state index contributed by atoms with van der Waals surface area (Å²) in [6.45, 7) is 2.38.